The molecule has 0 bridgehead atoms. The molecular weight excluding hydrogens is 318 g/mol. The summed E-state index contributed by atoms with van der Waals surface area (Å²) in [6, 6.07) is 3.21. The molecule has 0 fully saturated rings. The molecule has 1 aromatic heterocycles. The summed E-state index contributed by atoms with van der Waals surface area (Å²) in [5.41, 5.74) is -1.92. The molecule has 0 atom stereocenters. The third kappa shape index (κ3) is 3.38. The van der Waals surface area contributed by atoms with Crippen molar-refractivity contribution in [2.45, 2.75) is 12.4 Å². The average Bonchev–Trinajstić information content (AvgIpc) is 2.87. The number of carbonyl (C=O) groups is 1. The fourth-order valence-corrected chi connectivity index (χ4v) is 1.55. The molecule has 0 saturated heterocycles. The van der Waals surface area contributed by atoms with Gasteiger partial charge in [-0.15, -0.1) is 0 Å². The number of carbonyl (C=O) groups excluding carboxylic acids is 1. The van der Waals surface area contributed by atoms with Crippen LogP contribution in [0.25, 0.3) is 0 Å². The Bertz CT molecular complexity index is 672. The first-order valence-electron chi connectivity index (χ1n) is 5.59. The van der Waals surface area contributed by atoms with E-state index in [-0.39, 0.29) is 5.69 Å². The predicted molar refractivity (Wildman–Crippen MR) is 60.9 cm³/mol. The Morgan fingerprint density at radius 2 is 1.59 bits per heavy atom. The van der Waals surface area contributed by atoms with Gasteiger partial charge in [0.05, 0.1) is 11.8 Å². The summed E-state index contributed by atoms with van der Waals surface area (Å²) in [5.74, 6) is -2.79. The normalized spacial score (nSPS) is 12.3. The summed E-state index contributed by atoms with van der Waals surface area (Å²) in [7, 11) is 0. The van der Waals surface area contributed by atoms with E-state index < -0.39 is 35.1 Å². The zero-order valence-electron chi connectivity index (χ0n) is 10.4. The average molecular weight is 324 g/mol. The number of aromatic nitrogens is 1. The van der Waals surface area contributed by atoms with E-state index in [9.17, 15) is 31.1 Å². The highest BCUT2D eigenvalue weighted by Crippen LogP contribution is 2.32. The van der Waals surface area contributed by atoms with Crippen LogP contribution in [0, 0.1) is 0 Å². The Kier molecular flexibility index (Phi) is 3.86. The van der Waals surface area contributed by atoms with Gasteiger partial charge in [-0.2, -0.15) is 26.3 Å². The molecule has 2 aromatic rings. The number of rotatable bonds is 2. The van der Waals surface area contributed by atoms with Gasteiger partial charge in [-0.1, -0.05) is 5.16 Å². The van der Waals surface area contributed by atoms with E-state index in [1.807, 2.05) is 5.32 Å². The molecule has 0 aliphatic carbocycles. The first kappa shape index (κ1) is 15.9. The number of hydrogen-bond acceptors (Lipinski definition) is 3. The van der Waals surface area contributed by atoms with Crippen LogP contribution in [-0.4, -0.2) is 11.1 Å². The molecule has 10 heteroatoms. The largest absolute Gasteiger partial charge is 0.453 e. The zero-order valence-corrected chi connectivity index (χ0v) is 10.4. The molecule has 0 radical (unpaired) electrons. The van der Waals surface area contributed by atoms with Crippen molar-refractivity contribution in [2.75, 3.05) is 5.32 Å². The summed E-state index contributed by atoms with van der Waals surface area (Å²) >= 11 is 0. The Labute approximate surface area is 118 Å². The van der Waals surface area contributed by atoms with Crippen molar-refractivity contribution in [3.05, 3.63) is 47.3 Å². The monoisotopic (exact) mass is 324 g/mol. The number of alkyl halides is 6. The minimum Gasteiger partial charge on any atom is -0.351 e. The van der Waals surface area contributed by atoms with Crippen molar-refractivity contribution in [3.8, 4) is 0 Å². The van der Waals surface area contributed by atoms with Gasteiger partial charge in [0.15, 0.2) is 0 Å². The van der Waals surface area contributed by atoms with Gasteiger partial charge in [-0.25, -0.2) is 0 Å². The third-order valence-electron chi connectivity index (χ3n) is 2.54. The first-order valence-corrected chi connectivity index (χ1v) is 5.59. The number of amides is 1. The minimum atomic E-state index is -4.91. The van der Waals surface area contributed by atoms with Gasteiger partial charge in [0, 0.05) is 5.69 Å². The van der Waals surface area contributed by atoms with E-state index in [2.05, 4.69) is 9.68 Å². The SMILES string of the molecule is O=C(Nc1ccc(C(F)(F)F)cc1)c1cnoc1C(F)(F)F. The number of nitrogens with one attached hydrogen (secondary N) is 1. The zero-order chi connectivity index (χ0) is 16.5. The lowest BCUT2D eigenvalue weighted by molar-refractivity contribution is -0.155. The van der Waals surface area contributed by atoms with Crippen LogP contribution in [0.4, 0.5) is 32.0 Å². The molecule has 118 valence electrons. The van der Waals surface area contributed by atoms with Gasteiger partial charge in [-0.3, -0.25) is 4.79 Å². The number of nitrogens with zero attached hydrogens (tertiary/aromatic N) is 1. The summed E-state index contributed by atoms with van der Waals surface area (Å²) in [6.07, 6.45) is -8.90. The highest BCUT2D eigenvalue weighted by molar-refractivity contribution is 6.04. The highest BCUT2D eigenvalue weighted by atomic mass is 19.4. The fourth-order valence-electron chi connectivity index (χ4n) is 1.55. The smallest absolute Gasteiger partial charge is 0.351 e. The van der Waals surface area contributed by atoms with E-state index in [1.54, 1.807) is 0 Å². The summed E-state index contributed by atoms with van der Waals surface area (Å²) in [4.78, 5) is 11.7. The van der Waals surface area contributed by atoms with Crippen LogP contribution in [0.1, 0.15) is 21.7 Å². The van der Waals surface area contributed by atoms with Crippen molar-refractivity contribution in [1.29, 1.82) is 0 Å². The molecule has 1 N–H and O–H groups in total. The summed E-state index contributed by atoms with van der Waals surface area (Å²) < 4.78 is 78.6. The van der Waals surface area contributed by atoms with E-state index in [0.717, 1.165) is 12.1 Å². The maximum Gasteiger partial charge on any atom is 0.453 e. The number of halogens is 6. The quantitative estimate of drug-likeness (QED) is 0.851. The van der Waals surface area contributed by atoms with Crippen LogP contribution < -0.4 is 5.32 Å². The van der Waals surface area contributed by atoms with Crippen molar-refractivity contribution in [2.24, 2.45) is 0 Å². The van der Waals surface area contributed by atoms with Gasteiger partial charge in [0.2, 0.25) is 0 Å². The van der Waals surface area contributed by atoms with Gasteiger partial charge >= 0.3 is 12.4 Å². The maximum absolute atomic E-state index is 12.5. The molecule has 4 nitrogen and oxygen atoms in total. The topological polar surface area (TPSA) is 55.1 Å². The molecule has 1 heterocycles. The fraction of sp³-hybridized carbons (Fsp3) is 0.167. The lowest BCUT2D eigenvalue weighted by Gasteiger charge is -2.09. The summed E-state index contributed by atoms with van der Waals surface area (Å²) in [5, 5.41) is 4.92. The predicted octanol–water partition coefficient (Wildman–Crippen LogP) is 3.96. The van der Waals surface area contributed by atoms with Crippen LogP contribution in [0.3, 0.4) is 0 Å². The second-order valence-electron chi connectivity index (χ2n) is 4.10. The molecule has 0 unspecified atom stereocenters. The maximum atomic E-state index is 12.5. The van der Waals surface area contributed by atoms with E-state index >= 15 is 0 Å². The Morgan fingerprint density at radius 1 is 1.00 bits per heavy atom. The molecule has 0 aliphatic rings. The standard InChI is InChI=1S/C12H6F6N2O2/c13-11(14,15)6-1-3-7(4-2-6)20-10(21)8-5-19-22-9(8)12(16,17)18/h1-5H,(H,20,21). The van der Waals surface area contributed by atoms with Crippen LogP contribution in [0.2, 0.25) is 0 Å². The van der Waals surface area contributed by atoms with Crippen LogP contribution >= 0.6 is 0 Å². The second kappa shape index (κ2) is 5.35. The molecule has 2 rings (SSSR count). The van der Waals surface area contributed by atoms with Crippen LogP contribution in [-0.2, 0) is 12.4 Å². The van der Waals surface area contributed by atoms with Crippen molar-refractivity contribution < 1.29 is 35.7 Å². The van der Waals surface area contributed by atoms with E-state index in [1.165, 1.54) is 0 Å². The molecule has 22 heavy (non-hydrogen) atoms. The molecule has 0 spiro atoms. The highest BCUT2D eigenvalue weighted by Gasteiger charge is 2.40. The van der Waals surface area contributed by atoms with E-state index in [4.69, 9.17) is 0 Å². The number of anilines is 1. The number of hydrogen-bond donors (Lipinski definition) is 1. The van der Waals surface area contributed by atoms with Gasteiger partial charge in [0.25, 0.3) is 11.7 Å². The molecular formula is C12H6F6N2O2. The molecule has 1 amide bonds. The lowest BCUT2D eigenvalue weighted by Crippen LogP contribution is -2.17. The van der Waals surface area contributed by atoms with Crippen LogP contribution in [0.5, 0.6) is 0 Å². The number of benzene rings is 1. The first-order chi connectivity index (χ1) is 10.1. The minimum absolute atomic E-state index is 0.104. The van der Waals surface area contributed by atoms with Crippen molar-refractivity contribution in [1.82, 2.24) is 5.16 Å². The third-order valence-corrected chi connectivity index (χ3v) is 2.54. The van der Waals surface area contributed by atoms with Crippen LogP contribution in [0.15, 0.2) is 35.0 Å². The molecule has 1 aromatic carbocycles. The Hall–Kier alpha value is -2.52. The van der Waals surface area contributed by atoms with Gasteiger partial charge in [-0.05, 0) is 24.3 Å². The van der Waals surface area contributed by atoms with Crippen molar-refractivity contribution >= 4 is 11.6 Å². The van der Waals surface area contributed by atoms with Crippen molar-refractivity contribution in [3.63, 3.8) is 0 Å². The molecule has 0 saturated carbocycles. The Morgan fingerprint density at radius 3 is 2.09 bits per heavy atom. The Balaban J connectivity index is 2.18. The summed E-state index contributed by atoms with van der Waals surface area (Å²) in [6.45, 7) is 0. The van der Waals surface area contributed by atoms with E-state index in [0.29, 0.717) is 18.3 Å². The lowest BCUT2D eigenvalue weighted by atomic mass is 10.2. The van der Waals surface area contributed by atoms with Gasteiger partial charge in [0.1, 0.15) is 5.56 Å². The second-order valence-corrected chi connectivity index (χ2v) is 4.10. The molecule has 0 aliphatic heterocycles. The van der Waals surface area contributed by atoms with Gasteiger partial charge < -0.3 is 9.84 Å².